The summed E-state index contributed by atoms with van der Waals surface area (Å²) in [4.78, 5) is 0. The quantitative estimate of drug-likeness (QED) is 0.756. The number of aromatic hydroxyl groups is 1. The first kappa shape index (κ1) is 15.6. The van der Waals surface area contributed by atoms with Crippen molar-refractivity contribution in [1.29, 1.82) is 0 Å². The van der Waals surface area contributed by atoms with Gasteiger partial charge in [-0.3, -0.25) is 0 Å². The Bertz CT molecular complexity index is 311. The van der Waals surface area contributed by atoms with Crippen LogP contribution < -0.4 is 51.4 Å². The van der Waals surface area contributed by atoms with Crippen molar-refractivity contribution in [2.45, 2.75) is 39.5 Å². The fourth-order valence-corrected chi connectivity index (χ4v) is 1.52. The first-order valence-electron chi connectivity index (χ1n) is 4.95. The van der Waals surface area contributed by atoms with Gasteiger partial charge >= 0.3 is 51.4 Å². The minimum atomic E-state index is -0.268. The van der Waals surface area contributed by atoms with Crippen LogP contribution in [0.25, 0.3) is 0 Å². The van der Waals surface area contributed by atoms with Crippen molar-refractivity contribution in [2.75, 3.05) is 0 Å². The summed E-state index contributed by atoms with van der Waals surface area (Å²) < 4.78 is 13.2. The summed E-state index contributed by atoms with van der Waals surface area (Å²) in [5.74, 6) is 0.262. The molecule has 0 bridgehead atoms. The number of hydrogen-bond donors (Lipinski definition) is 1. The number of hydrogen-bond acceptors (Lipinski definition) is 1. The van der Waals surface area contributed by atoms with E-state index in [4.69, 9.17) is 0 Å². The number of halogens is 1. The average molecular weight is 236 g/mol. The summed E-state index contributed by atoms with van der Waals surface area (Å²) in [5.41, 5.74) is 1.38. The van der Waals surface area contributed by atoms with Crippen molar-refractivity contribution in [3.05, 3.63) is 29.1 Å². The summed E-state index contributed by atoms with van der Waals surface area (Å²) in [6, 6.07) is 2.82. The summed E-state index contributed by atoms with van der Waals surface area (Å²) in [6.45, 7) is 7.77. The summed E-state index contributed by atoms with van der Waals surface area (Å²) in [6.07, 6.45) is 0. The summed E-state index contributed by atoms with van der Waals surface area (Å²) in [5, 5.41) is 9.89. The molecule has 0 aliphatic heterocycles. The van der Waals surface area contributed by atoms with Gasteiger partial charge in [0, 0.05) is 0 Å². The van der Waals surface area contributed by atoms with Crippen molar-refractivity contribution in [2.24, 2.45) is 0 Å². The van der Waals surface area contributed by atoms with Crippen LogP contribution in [0.15, 0.2) is 12.1 Å². The fraction of sp³-hybridized carbons (Fsp3) is 0.500. The van der Waals surface area contributed by atoms with Gasteiger partial charge in [0.25, 0.3) is 0 Å². The third-order valence-electron chi connectivity index (χ3n) is 2.38. The van der Waals surface area contributed by atoms with Crippen LogP contribution in [0.3, 0.4) is 0 Å². The molecule has 1 aromatic carbocycles. The zero-order chi connectivity index (χ0) is 10.9. The van der Waals surface area contributed by atoms with E-state index >= 15 is 0 Å². The molecule has 0 aromatic heterocycles. The third-order valence-corrected chi connectivity index (χ3v) is 2.38. The number of phenolic OH excluding ortho intramolecular Hbond substituents is 1. The Morgan fingerprint density at radius 2 is 1.40 bits per heavy atom. The predicted octanol–water partition coefficient (Wildman–Crippen LogP) is 0.895. The standard InChI is InChI=1S/C12H17FO.K.H/c1-7(2)10-5-9(13)6-11(8(3)4)12(10)14;;/h5-8,14H,1-4H3;;/q;+1;-1. The van der Waals surface area contributed by atoms with Crippen LogP contribution in [-0.2, 0) is 0 Å². The maximum absolute atomic E-state index is 13.2. The molecule has 0 spiro atoms. The minimum absolute atomic E-state index is 0. The summed E-state index contributed by atoms with van der Waals surface area (Å²) >= 11 is 0. The fourth-order valence-electron chi connectivity index (χ4n) is 1.52. The first-order valence-corrected chi connectivity index (χ1v) is 4.95. The molecule has 0 aliphatic rings. The molecule has 0 atom stereocenters. The monoisotopic (exact) mass is 236 g/mol. The van der Waals surface area contributed by atoms with Gasteiger partial charge in [-0.05, 0) is 35.1 Å². The van der Waals surface area contributed by atoms with E-state index in [2.05, 4.69) is 0 Å². The molecule has 0 radical (unpaired) electrons. The molecular weight excluding hydrogens is 218 g/mol. The van der Waals surface area contributed by atoms with Gasteiger partial charge in [0.05, 0.1) is 0 Å². The van der Waals surface area contributed by atoms with Gasteiger partial charge in [0.15, 0.2) is 0 Å². The van der Waals surface area contributed by atoms with E-state index in [1.165, 1.54) is 12.1 Å². The molecule has 0 fully saturated rings. The van der Waals surface area contributed by atoms with Gasteiger partial charge in [-0.15, -0.1) is 0 Å². The molecule has 0 aliphatic carbocycles. The molecule has 0 heterocycles. The maximum Gasteiger partial charge on any atom is 1.00 e. The second-order valence-electron chi connectivity index (χ2n) is 4.24. The average Bonchev–Trinajstić information content (AvgIpc) is 2.07. The van der Waals surface area contributed by atoms with Crippen molar-refractivity contribution in [3.8, 4) is 5.75 Å². The molecule has 15 heavy (non-hydrogen) atoms. The Morgan fingerprint density at radius 1 is 1.07 bits per heavy atom. The van der Waals surface area contributed by atoms with E-state index in [-0.39, 0.29) is 76.2 Å². The molecule has 1 aromatic rings. The molecule has 3 heteroatoms. The topological polar surface area (TPSA) is 20.2 Å². The first-order chi connectivity index (χ1) is 6.43. The van der Waals surface area contributed by atoms with Crippen LogP contribution >= 0.6 is 0 Å². The molecule has 0 amide bonds. The molecule has 1 N–H and O–H groups in total. The van der Waals surface area contributed by atoms with Crippen molar-refractivity contribution >= 4 is 0 Å². The van der Waals surface area contributed by atoms with E-state index in [9.17, 15) is 9.50 Å². The van der Waals surface area contributed by atoms with Gasteiger partial charge in [-0.25, -0.2) is 4.39 Å². The SMILES string of the molecule is CC(C)c1cc(F)cc(C(C)C)c1O.[H-].[K+]. The zero-order valence-corrected chi connectivity index (χ0v) is 13.3. The predicted molar refractivity (Wildman–Crippen MR) is 57.4 cm³/mol. The van der Waals surface area contributed by atoms with Gasteiger partial charge in [-0.2, -0.15) is 0 Å². The van der Waals surface area contributed by atoms with Gasteiger partial charge in [-0.1, -0.05) is 27.7 Å². The van der Waals surface area contributed by atoms with E-state index in [0.29, 0.717) is 11.1 Å². The minimum Gasteiger partial charge on any atom is -1.00 e. The Labute approximate surface area is 135 Å². The third kappa shape index (κ3) is 3.82. The van der Waals surface area contributed by atoms with Crippen LogP contribution in [0.4, 0.5) is 4.39 Å². The van der Waals surface area contributed by atoms with E-state index in [1.54, 1.807) is 0 Å². The number of rotatable bonds is 2. The molecular formula is C12H18FKO. The Hall–Kier alpha value is 0.586. The Kier molecular flexibility index (Phi) is 6.60. The molecule has 80 valence electrons. The van der Waals surface area contributed by atoms with Crippen LogP contribution in [0, 0.1) is 5.82 Å². The maximum atomic E-state index is 13.2. The van der Waals surface area contributed by atoms with E-state index < -0.39 is 0 Å². The van der Waals surface area contributed by atoms with Crippen molar-refractivity contribution in [3.63, 3.8) is 0 Å². The smallest absolute Gasteiger partial charge is 1.00 e. The number of benzene rings is 1. The van der Waals surface area contributed by atoms with Gasteiger partial charge in [0.1, 0.15) is 11.6 Å². The van der Waals surface area contributed by atoms with Gasteiger partial charge < -0.3 is 6.53 Å². The van der Waals surface area contributed by atoms with E-state index in [1.807, 2.05) is 27.7 Å². The van der Waals surface area contributed by atoms with Crippen molar-refractivity contribution in [1.82, 2.24) is 0 Å². The molecule has 0 unspecified atom stereocenters. The largest absolute Gasteiger partial charge is 1.00 e. The zero-order valence-electron chi connectivity index (χ0n) is 11.1. The van der Waals surface area contributed by atoms with Crippen LogP contribution in [0.2, 0.25) is 0 Å². The Balaban J connectivity index is 0. The van der Waals surface area contributed by atoms with Crippen LogP contribution in [0.5, 0.6) is 5.75 Å². The molecule has 0 saturated heterocycles. The van der Waals surface area contributed by atoms with Gasteiger partial charge in [0.2, 0.25) is 0 Å². The second-order valence-corrected chi connectivity index (χ2v) is 4.24. The van der Waals surface area contributed by atoms with Crippen LogP contribution in [-0.4, -0.2) is 5.11 Å². The van der Waals surface area contributed by atoms with E-state index in [0.717, 1.165) is 0 Å². The summed E-state index contributed by atoms with van der Waals surface area (Å²) in [7, 11) is 0. The normalized spacial score (nSPS) is 10.6. The van der Waals surface area contributed by atoms with Crippen LogP contribution in [0.1, 0.15) is 52.1 Å². The van der Waals surface area contributed by atoms with Crippen molar-refractivity contribution < 1.29 is 62.3 Å². The molecule has 1 nitrogen and oxygen atoms in total. The second kappa shape index (κ2) is 6.35. The Morgan fingerprint density at radius 3 is 1.67 bits per heavy atom. The molecule has 0 saturated carbocycles. The number of phenols is 1. The molecule has 1 rings (SSSR count).